The summed E-state index contributed by atoms with van der Waals surface area (Å²) in [7, 11) is 5.91. The summed E-state index contributed by atoms with van der Waals surface area (Å²) >= 11 is 1.73. The third kappa shape index (κ3) is 11.4. The number of hydrogen-bond donors (Lipinski definition) is 2. The minimum absolute atomic E-state index is 0. The van der Waals surface area contributed by atoms with Crippen LogP contribution in [0.15, 0.2) is 89.8 Å². The molecule has 6 radical (unpaired) electrons. The third-order valence-electron chi connectivity index (χ3n) is 5.73. The minimum Gasteiger partial charge on any atom is -0.467 e. The lowest BCUT2D eigenvalue weighted by Crippen LogP contribution is -2.11. The molecule has 0 aliphatic heterocycles. The molecule has 0 amide bonds. The molecule has 4 aromatic carbocycles. The van der Waals surface area contributed by atoms with Gasteiger partial charge in [0.2, 0.25) is 0 Å². The number of thioether (sulfide) groups is 1. The van der Waals surface area contributed by atoms with E-state index in [1.807, 2.05) is 37.3 Å². The van der Waals surface area contributed by atoms with Crippen molar-refractivity contribution in [2.45, 2.75) is 24.9 Å². The van der Waals surface area contributed by atoms with Gasteiger partial charge in [-0.15, -0.1) is 11.8 Å². The Morgan fingerprint density at radius 2 is 1.43 bits per heavy atom. The van der Waals surface area contributed by atoms with Gasteiger partial charge in [-0.25, -0.2) is 4.39 Å². The highest BCUT2D eigenvalue weighted by Gasteiger charge is 2.08. The van der Waals surface area contributed by atoms with Gasteiger partial charge in [-0.3, -0.25) is 0 Å². The van der Waals surface area contributed by atoms with E-state index in [0.717, 1.165) is 29.2 Å². The minimum atomic E-state index is -0.370. The van der Waals surface area contributed by atoms with Crippen molar-refractivity contribution in [3.63, 3.8) is 0 Å². The van der Waals surface area contributed by atoms with E-state index >= 15 is 0 Å². The molecule has 0 saturated heterocycles. The number of hydrogen-bond acceptors (Lipinski definition) is 7. The molecule has 0 aliphatic carbocycles. The lowest BCUT2D eigenvalue weighted by molar-refractivity contribution is 0.0978. The molecule has 0 aromatic heterocycles. The maximum atomic E-state index is 13.3. The molecule has 6 nitrogen and oxygen atoms in total. The van der Waals surface area contributed by atoms with Gasteiger partial charge in [0.1, 0.15) is 34.6 Å². The summed E-state index contributed by atoms with van der Waals surface area (Å²) in [6.07, 6.45) is 2.07. The largest absolute Gasteiger partial charge is 0.467 e. The number of nitrogens with zero attached hydrogens (tertiary/aromatic N) is 1. The van der Waals surface area contributed by atoms with E-state index in [2.05, 4.69) is 48.8 Å². The monoisotopic (exact) mass is 586 g/mol. The molecule has 218 valence electrons. The van der Waals surface area contributed by atoms with Crippen molar-refractivity contribution >= 4 is 28.6 Å². The first kappa shape index (κ1) is 36.6. The zero-order valence-corrected chi connectivity index (χ0v) is 25.6. The molecule has 0 spiro atoms. The van der Waals surface area contributed by atoms with Crippen LogP contribution in [-0.2, 0) is 13.1 Å². The summed E-state index contributed by atoms with van der Waals surface area (Å²) in [6.45, 7) is 2.87. The van der Waals surface area contributed by atoms with Gasteiger partial charge < -0.3 is 29.5 Å². The zero-order valence-electron chi connectivity index (χ0n) is 24.8. The molecule has 0 unspecified atom stereocenters. The second-order valence-electron chi connectivity index (χ2n) is 9.21. The molecule has 2 N–H and O–H groups in total. The lowest BCUT2D eigenvalue weighted by atomic mass is 10.2. The van der Waals surface area contributed by atoms with Gasteiger partial charge in [0.25, 0.3) is 0 Å². The molecule has 4 rings (SSSR count). The summed E-state index contributed by atoms with van der Waals surface area (Å²) in [5.74, 6) is 3.33. The van der Waals surface area contributed by atoms with Gasteiger partial charge in [0.15, 0.2) is 6.79 Å². The SMILES string of the molecule is CNCc1cc(F)ccc1Oc1ccc(OCO)c(C)c1.CSc1ccc(Oc2ccccc2CN(C)C)cc1.[B].[B]. The Kier molecular flexibility index (Phi) is 16.5. The van der Waals surface area contributed by atoms with E-state index in [1.165, 1.54) is 22.6 Å². The summed E-state index contributed by atoms with van der Waals surface area (Å²) in [6, 6.07) is 26.0. The smallest absolute Gasteiger partial charge is 0.186 e. The van der Waals surface area contributed by atoms with Gasteiger partial charge in [-0.2, -0.15) is 0 Å². The number of aliphatic hydroxyl groups excluding tert-OH is 1. The van der Waals surface area contributed by atoms with Crippen LogP contribution in [0.4, 0.5) is 4.39 Å². The fourth-order valence-corrected chi connectivity index (χ4v) is 4.27. The molecule has 0 bridgehead atoms. The number of halogens is 1. The van der Waals surface area contributed by atoms with Crippen LogP contribution in [0, 0.1) is 12.7 Å². The highest BCUT2D eigenvalue weighted by molar-refractivity contribution is 7.98. The quantitative estimate of drug-likeness (QED) is 0.119. The Balaban J connectivity index is 0.000000403. The molecule has 0 fully saturated rings. The van der Waals surface area contributed by atoms with Crippen LogP contribution in [0.1, 0.15) is 16.7 Å². The van der Waals surface area contributed by atoms with Crippen LogP contribution < -0.4 is 19.5 Å². The first-order valence-electron chi connectivity index (χ1n) is 12.8. The van der Waals surface area contributed by atoms with E-state index < -0.39 is 0 Å². The van der Waals surface area contributed by atoms with E-state index in [1.54, 1.807) is 43.1 Å². The second-order valence-corrected chi connectivity index (χ2v) is 10.1. The highest BCUT2D eigenvalue weighted by atomic mass is 32.2. The normalized spacial score (nSPS) is 10.1. The summed E-state index contributed by atoms with van der Waals surface area (Å²) in [5, 5.41) is 11.8. The van der Waals surface area contributed by atoms with Crippen molar-refractivity contribution in [1.82, 2.24) is 10.2 Å². The molecular formula is C32H37B2FN2O4S. The Morgan fingerprint density at radius 3 is 2.05 bits per heavy atom. The Hall–Kier alpha value is -3.43. The van der Waals surface area contributed by atoms with Crippen LogP contribution in [0.5, 0.6) is 28.7 Å². The molecule has 42 heavy (non-hydrogen) atoms. The van der Waals surface area contributed by atoms with Crippen molar-refractivity contribution in [2.75, 3.05) is 34.2 Å². The van der Waals surface area contributed by atoms with E-state index in [0.29, 0.717) is 23.8 Å². The van der Waals surface area contributed by atoms with Crippen LogP contribution >= 0.6 is 11.8 Å². The molecular weight excluding hydrogens is 549 g/mol. The van der Waals surface area contributed by atoms with Crippen LogP contribution in [0.3, 0.4) is 0 Å². The Bertz CT molecular complexity index is 1360. The first-order valence-corrected chi connectivity index (χ1v) is 14.0. The average Bonchev–Trinajstić information content (AvgIpc) is 2.93. The predicted octanol–water partition coefficient (Wildman–Crippen LogP) is 6.48. The van der Waals surface area contributed by atoms with Crippen molar-refractivity contribution in [3.8, 4) is 28.7 Å². The van der Waals surface area contributed by atoms with E-state index in [4.69, 9.17) is 19.3 Å². The summed E-state index contributed by atoms with van der Waals surface area (Å²) in [4.78, 5) is 3.38. The molecule has 0 aliphatic rings. The van der Waals surface area contributed by atoms with Crippen LogP contribution in [0.2, 0.25) is 0 Å². The van der Waals surface area contributed by atoms with Gasteiger partial charge in [0.05, 0.1) is 0 Å². The second kappa shape index (κ2) is 18.9. The lowest BCUT2D eigenvalue weighted by Gasteiger charge is -2.14. The predicted molar refractivity (Wildman–Crippen MR) is 172 cm³/mol. The van der Waals surface area contributed by atoms with Gasteiger partial charge >= 0.3 is 0 Å². The fraction of sp³-hybridized carbons (Fsp3) is 0.250. The molecule has 10 heteroatoms. The van der Waals surface area contributed by atoms with E-state index in [-0.39, 0.29) is 29.4 Å². The number of ether oxygens (including phenoxy) is 3. The number of aryl methyl sites for hydroxylation is 1. The van der Waals surface area contributed by atoms with Crippen molar-refractivity contribution < 1.29 is 23.7 Å². The maximum absolute atomic E-state index is 13.3. The number of rotatable bonds is 11. The molecule has 0 heterocycles. The van der Waals surface area contributed by atoms with Crippen molar-refractivity contribution in [3.05, 3.63) is 107 Å². The van der Waals surface area contributed by atoms with Crippen molar-refractivity contribution in [1.29, 1.82) is 0 Å². The van der Waals surface area contributed by atoms with Crippen LogP contribution in [0.25, 0.3) is 0 Å². The molecule has 0 saturated carbocycles. The maximum Gasteiger partial charge on any atom is 0.186 e. The summed E-state index contributed by atoms with van der Waals surface area (Å²) < 4.78 is 30.1. The molecule has 4 aromatic rings. The van der Waals surface area contributed by atoms with Gasteiger partial charge in [0, 0.05) is 45.9 Å². The third-order valence-corrected chi connectivity index (χ3v) is 6.47. The number of aliphatic hydroxyl groups is 1. The van der Waals surface area contributed by atoms with Crippen molar-refractivity contribution in [2.24, 2.45) is 0 Å². The summed E-state index contributed by atoms with van der Waals surface area (Å²) in [5.41, 5.74) is 2.78. The molecule has 0 atom stereocenters. The topological polar surface area (TPSA) is 63.2 Å². The number of nitrogens with one attached hydrogen (secondary N) is 1. The number of benzene rings is 4. The Morgan fingerprint density at radius 1 is 0.810 bits per heavy atom. The Labute approximate surface area is 257 Å². The number of para-hydroxylation sites is 1. The van der Waals surface area contributed by atoms with E-state index in [9.17, 15) is 4.39 Å². The van der Waals surface area contributed by atoms with Gasteiger partial charge in [-0.1, -0.05) is 18.2 Å². The average molecular weight is 586 g/mol. The van der Waals surface area contributed by atoms with Crippen LogP contribution in [-0.4, -0.2) is 61.0 Å². The fourth-order valence-electron chi connectivity index (χ4n) is 3.87. The van der Waals surface area contributed by atoms with Gasteiger partial charge in [-0.05, 0) is 107 Å². The highest BCUT2D eigenvalue weighted by Crippen LogP contribution is 2.30. The first-order chi connectivity index (χ1) is 19.3. The standard InChI is InChI=1S/C16H18FNO3.C16H19NOS.2B/c1-11-7-14(4-6-15(11)20-10-19)21-16-5-3-13(17)8-12(16)9-18-2;1-17(2)12-13-6-4-5-7-16(13)18-14-8-10-15(19-3)11-9-14;;/h3-8,18-19H,9-10H2,1-2H3;4-11H,12H2,1-3H3;;. The zero-order chi connectivity index (χ0) is 28.9.